The van der Waals surface area contributed by atoms with E-state index in [1.165, 1.54) is 0 Å². The minimum absolute atomic E-state index is 0.0806. The van der Waals surface area contributed by atoms with E-state index in [4.69, 9.17) is 39.4 Å². The minimum atomic E-state index is -0.611. The summed E-state index contributed by atoms with van der Waals surface area (Å²) in [6.45, 7) is 0.737. The zero-order chi connectivity index (χ0) is 15.0. The molecule has 0 bridgehead atoms. The topological polar surface area (TPSA) is 91.2 Å². The molecule has 7 heteroatoms. The van der Waals surface area contributed by atoms with Crippen LogP contribution in [0.5, 0.6) is 0 Å². The van der Waals surface area contributed by atoms with Crippen LogP contribution in [0.1, 0.15) is 31.2 Å². The Labute approximate surface area is 128 Å². The fraction of sp³-hybridized carbons (Fsp3) is 0.538. The number of carbonyl (C=O) groups is 1. The van der Waals surface area contributed by atoms with Gasteiger partial charge in [0, 0.05) is 0 Å². The average molecular weight is 320 g/mol. The number of nitrogens with zero attached hydrogens (tertiary/aromatic N) is 1. The van der Waals surface area contributed by atoms with Gasteiger partial charge in [0.05, 0.1) is 0 Å². The summed E-state index contributed by atoms with van der Waals surface area (Å²) in [5.41, 5.74) is 11.8. The van der Waals surface area contributed by atoms with E-state index >= 15 is 0 Å². The van der Waals surface area contributed by atoms with Crippen LogP contribution in [-0.4, -0.2) is 23.5 Å². The number of nitrogens with two attached hydrogens (primary N) is 2. The van der Waals surface area contributed by atoms with Gasteiger partial charge in [0.2, 0.25) is 0 Å². The van der Waals surface area contributed by atoms with Crippen molar-refractivity contribution in [3.05, 3.63) is 28.0 Å². The van der Waals surface area contributed by atoms with Crippen LogP contribution in [0.25, 0.3) is 0 Å². The molecule has 5 nitrogen and oxygen atoms in total. The van der Waals surface area contributed by atoms with Crippen molar-refractivity contribution in [3.63, 3.8) is 0 Å². The Bertz CT molecular complexity index is 423. The number of pyridine rings is 1. The van der Waals surface area contributed by atoms with Crippen molar-refractivity contribution in [1.82, 2.24) is 4.98 Å². The van der Waals surface area contributed by atoms with Gasteiger partial charge in [-0.2, -0.15) is 0 Å². The van der Waals surface area contributed by atoms with Crippen LogP contribution in [0.2, 0.25) is 10.3 Å². The highest BCUT2D eigenvalue weighted by Gasteiger charge is 2.14. The molecule has 1 rings (SSSR count). The molecule has 0 aliphatic carbocycles. The quantitative estimate of drug-likeness (QED) is 0.435. The summed E-state index contributed by atoms with van der Waals surface area (Å²) < 4.78 is 5.12. The Morgan fingerprint density at radius 1 is 1.25 bits per heavy atom. The Hall–Kier alpha value is -0.880. The molecular weight excluding hydrogens is 301 g/mol. The Kier molecular flexibility index (Phi) is 7.84. The SMILES string of the molecule is NCCCCC[C@H](N)C(=O)OCc1cc(Cl)nc(Cl)c1. The van der Waals surface area contributed by atoms with Gasteiger partial charge in [-0.05, 0) is 37.1 Å². The summed E-state index contributed by atoms with van der Waals surface area (Å²) in [6.07, 6.45) is 3.36. The molecule has 112 valence electrons. The van der Waals surface area contributed by atoms with E-state index < -0.39 is 12.0 Å². The summed E-state index contributed by atoms with van der Waals surface area (Å²) >= 11 is 11.5. The first-order valence-electron chi connectivity index (χ1n) is 6.47. The lowest BCUT2D eigenvalue weighted by molar-refractivity contribution is -0.146. The first kappa shape index (κ1) is 17.2. The summed E-state index contributed by atoms with van der Waals surface area (Å²) in [5.74, 6) is -0.429. The van der Waals surface area contributed by atoms with E-state index in [0.717, 1.165) is 19.3 Å². The fourth-order valence-electron chi connectivity index (χ4n) is 1.66. The van der Waals surface area contributed by atoms with Gasteiger partial charge in [-0.15, -0.1) is 0 Å². The van der Waals surface area contributed by atoms with Gasteiger partial charge in [-0.3, -0.25) is 4.79 Å². The molecule has 0 fully saturated rings. The smallest absolute Gasteiger partial charge is 0.323 e. The van der Waals surface area contributed by atoms with Crippen molar-refractivity contribution in [2.45, 2.75) is 38.3 Å². The Balaban J connectivity index is 2.34. The number of esters is 1. The molecule has 1 atom stereocenters. The highest BCUT2D eigenvalue weighted by molar-refractivity contribution is 6.32. The predicted octanol–water partition coefficient (Wildman–Crippen LogP) is 2.28. The standard InChI is InChI=1S/C13H19Cl2N3O2/c14-11-6-9(7-12(15)18-11)8-20-13(19)10(17)4-2-1-3-5-16/h6-7,10H,1-5,8,16-17H2/t10-/m0/s1. The van der Waals surface area contributed by atoms with Crippen LogP contribution in [0, 0.1) is 0 Å². The van der Waals surface area contributed by atoms with Gasteiger partial charge in [-0.25, -0.2) is 4.98 Å². The molecule has 0 unspecified atom stereocenters. The van der Waals surface area contributed by atoms with Gasteiger partial charge in [0.15, 0.2) is 0 Å². The molecule has 0 aliphatic heterocycles. The van der Waals surface area contributed by atoms with E-state index in [1.54, 1.807) is 12.1 Å². The third-order valence-electron chi connectivity index (χ3n) is 2.73. The Morgan fingerprint density at radius 3 is 2.50 bits per heavy atom. The van der Waals surface area contributed by atoms with Crippen molar-refractivity contribution in [2.75, 3.05) is 6.54 Å². The number of ether oxygens (including phenoxy) is 1. The molecule has 0 aromatic carbocycles. The van der Waals surface area contributed by atoms with Crippen molar-refractivity contribution >= 4 is 29.2 Å². The molecule has 1 heterocycles. The number of rotatable bonds is 8. The lowest BCUT2D eigenvalue weighted by atomic mass is 10.1. The highest BCUT2D eigenvalue weighted by Crippen LogP contribution is 2.15. The van der Waals surface area contributed by atoms with Crippen LogP contribution >= 0.6 is 23.2 Å². The molecule has 0 saturated heterocycles. The van der Waals surface area contributed by atoms with E-state index in [-0.39, 0.29) is 16.9 Å². The van der Waals surface area contributed by atoms with Crippen molar-refractivity contribution in [1.29, 1.82) is 0 Å². The molecule has 1 aromatic rings. The minimum Gasteiger partial charge on any atom is -0.460 e. The first-order valence-corrected chi connectivity index (χ1v) is 7.22. The average Bonchev–Trinajstić information content (AvgIpc) is 2.39. The predicted molar refractivity (Wildman–Crippen MR) is 79.6 cm³/mol. The zero-order valence-corrected chi connectivity index (χ0v) is 12.7. The number of halogens is 2. The second-order valence-electron chi connectivity index (χ2n) is 4.47. The summed E-state index contributed by atoms with van der Waals surface area (Å²) in [4.78, 5) is 15.5. The number of hydrogen-bond acceptors (Lipinski definition) is 5. The number of unbranched alkanes of at least 4 members (excludes halogenated alkanes) is 2. The molecule has 0 spiro atoms. The van der Waals surface area contributed by atoms with Crippen LogP contribution in [0.3, 0.4) is 0 Å². The number of hydrogen-bond donors (Lipinski definition) is 2. The second-order valence-corrected chi connectivity index (χ2v) is 5.25. The van der Waals surface area contributed by atoms with Crippen molar-refractivity contribution in [3.8, 4) is 0 Å². The van der Waals surface area contributed by atoms with E-state index in [2.05, 4.69) is 4.98 Å². The van der Waals surface area contributed by atoms with Crippen molar-refractivity contribution in [2.24, 2.45) is 11.5 Å². The zero-order valence-electron chi connectivity index (χ0n) is 11.1. The first-order chi connectivity index (χ1) is 9.52. The van der Waals surface area contributed by atoms with Crippen LogP contribution in [0.15, 0.2) is 12.1 Å². The van der Waals surface area contributed by atoms with Crippen molar-refractivity contribution < 1.29 is 9.53 Å². The largest absolute Gasteiger partial charge is 0.460 e. The monoisotopic (exact) mass is 319 g/mol. The maximum absolute atomic E-state index is 11.7. The lowest BCUT2D eigenvalue weighted by Crippen LogP contribution is -2.32. The maximum atomic E-state index is 11.7. The molecule has 4 N–H and O–H groups in total. The van der Waals surface area contributed by atoms with Gasteiger partial charge < -0.3 is 16.2 Å². The van der Waals surface area contributed by atoms with E-state index in [1.807, 2.05) is 0 Å². The summed E-state index contributed by atoms with van der Waals surface area (Å²) in [7, 11) is 0. The number of aromatic nitrogens is 1. The molecule has 0 radical (unpaired) electrons. The third kappa shape index (κ3) is 6.52. The number of carbonyl (C=O) groups excluding carboxylic acids is 1. The van der Waals surface area contributed by atoms with Gasteiger partial charge in [0.1, 0.15) is 23.0 Å². The third-order valence-corrected chi connectivity index (χ3v) is 3.11. The second kappa shape index (κ2) is 9.13. The van der Waals surface area contributed by atoms with Crippen LogP contribution in [0.4, 0.5) is 0 Å². The van der Waals surface area contributed by atoms with Gasteiger partial charge >= 0.3 is 5.97 Å². The molecule has 0 amide bonds. The van der Waals surface area contributed by atoms with E-state index in [0.29, 0.717) is 18.5 Å². The van der Waals surface area contributed by atoms with Crippen LogP contribution in [-0.2, 0) is 16.1 Å². The molecular formula is C13H19Cl2N3O2. The molecule has 1 aromatic heterocycles. The van der Waals surface area contributed by atoms with Crippen LogP contribution < -0.4 is 11.5 Å². The molecule has 20 heavy (non-hydrogen) atoms. The summed E-state index contributed by atoms with van der Waals surface area (Å²) in [5, 5.41) is 0.518. The normalized spacial score (nSPS) is 12.2. The molecule has 0 saturated carbocycles. The summed E-state index contributed by atoms with van der Waals surface area (Å²) in [6, 6.07) is 2.57. The lowest BCUT2D eigenvalue weighted by Gasteiger charge is -2.11. The Morgan fingerprint density at radius 2 is 1.90 bits per heavy atom. The van der Waals surface area contributed by atoms with E-state index in [9.17, 15) is 4.79 Å². The maximum Gasteiger partial charge on any atom is 0.323 e. The van der Waals surface area contributed by atoms with Gasteiger partial charge in [-0.1, -0.05) is 36.0 Å². The van der Waals surface area contributed by atoms with Gasteiger partial charge in [0.25, 0.3) is 0 Å². The fourth-order valence-corrected chi connectivity index (χ4v) is 2.17. The highest BCUT2D eigenvalue weighted by atomic mass is 35.5. The molecule has 0 aliphatic rings.